The van der Waals surface area contributed by atoms with Crippen molar-refractivity contribution in [2.75, 3.05) is 37.4 Å². The third-order valence-corrected chi connectivity index (χ3v) is 8.54. The van der Waals surface area contributed by atoms with Crippen molar-refractivity contribution in [1.29, 1.82) is 0 Å². The first-order valence-electron chi connectivity index (χ1n) is 13.7. The molecule has 40 heavy (non-hydrogen) atoms. The molecule has 1 aliphatic rings. The van der Waals surface area contributed by atoms with Gasteiger partial charge in [-0.25, -0.2) is 0 Å². The molecule has 0 aliphatic carbocycles. The fourth-order valence-corrected chi connectivity index (χ4v) is 6.13. The number of amides is 2. The number of unbranched alkanes of at least 4 members (excludes halogenated alkanes) is 2. The highest BCUT2D eigenvalue weighted by atomic mass is 32.2. The van der Waals surface area contributed by atoms with Gasteiger partial charge in [-0.05, 0) is 55.3 Å². The lowest BCUT2D eigenvalue weighted by Gasteiger charge is -2.38. The first-order valence-corrected chi connectivity index (χ1v) is 15.7. The van der Waals surface area contributed by atoms with Crippen molar-refractivity contribution in [3.63, 3.8) is 0 Å². The number of hydrogen-bond acceptors (Lipinski definition) is 8. The van der Waals surface area contributed by atoms with Crippen LogP contribution in [-0.4, -0.2) is 60.9 Å². The van der Waals surface area contributed by atoms with Crippen molar-refractivity contribution in [2.24, 2.45) is 0 Å². The second-order valence-electron chi connectivity index (χ2n) is 9.82. The minimum atomic E-state index is -1.15. The third kappa shape index (κ3) is 9.07. The van der Waals surface area contributed by atoms with Crippen molar-refractivity contribution in [1.82, 2.24) is 15.4 Å². The van der Waals surface area contributed by atoms with Crippen LogP contribution in [0.15, 0.2) is 52.3 Å². The second-order valence-corrected chi connectivity index (χ2v) is 11.5. The number of ether oxygens (including phenoxy) is 1. The molecule has 0 radical (unpaired) electrons. The fourth-order valence-electron chi connectivity index (χ4n) is 4.54. The van der Waals surface area contributed by atoms with E-state index in [2.05, 4.69) is 64.4 Å². The first-order chi connectivity index (χ1) is 19.3. The number of carbonyl (C=O) groups is 3. The van der Waals surface area contributed by atoms with Gasteiger partial charge in [-0.1, -0.05) is 57.7 Å². The molecule has 1 heterocycles. The number of benzene rings is 2. The predicted molar refractivity (Wildman–Crippen MR) is 162 cm³/mol. The molecule has 2 amide bonds. The maximum atomic E-state index is 12.4. The van der Waals surface area contributed by atoms with E-state index in [9.17, 15) is 14.4 Å². The summed E-state index contributed by atoms with van der Waals surface area (Å²) >= 11 is 3.17. The van der Waals surface area contributed by atoms with Crippen LogP contribution < -0.4 is 25.0 Å². The van der Waals surface area contributed by atoms with Crippen molar-refractivity contribution < 1.29 is 24.2 Å². The van der Waals surface area contributed by atoms with Gasteiger partial charge >= 0.3 is 5.97 Å². The number of nitrogens with one attached hydrogen (secondary N) is 3. The SMILES string of the molecule is CCCCC1(CCCC)CN(c2ccccc2)c2cc(SC)c(OCC(=O)NCC(=O)NCC(=O)O)cc2SN1. The molecule has 0 spiro atoms. The zero-order valence-electron chi connectivity index (χ0n) is 23.5. The molecule has 0 saturated heterocycles. The number of nitrogens with zero attached hydrogens (tertiary/aromatic N) is 1. The van der Waals surface area contributed by atoms with Crippen LogP contribution in [0, 0.1) is 0 Å². The first kappa shape index (κ1) is 31.6. The number of thioether (sulfide) groups is 1. The maximum absolute atomic E-state index is 12.4. The summed E-state index contributed by atoms with van der Waals surface area (Å²) in [7, 11) is 0. The number of aliphatic carboxylic acids is 1. The van der Waals surface area contributed by atoms with Crippen molar-refractivity contribution in [3.8, 4) is 5.75 Å². The summed E-state index contributed by atoms with van der Waals surface area (Å²) < 4.78 is 9.78. The Morgan fingerprint density at radius 1 is 1.05 bits per heavy atom. The van der Waals surface area contributed by atoms with Gasteiger partial charge in [0, 0.05) is 17.8 Å². The maximum Gasteiger partial charge on any atom is 0.322 e. The molecule has 0 bridgehead atoms. The molecule has 9 nitrogen and oxygen atoms in total. The molecule has 218 valence electrons. The van der Waals surface area contributed by atoms with E-state index in [1.165, 1.54) is 0 Å². The van der Waals surface area contributed by atoms with E-state index in [-0.39, 0.29) is 18.7 Å². The van der Waals surface area contributed by atoms with E-state index in [1.54, 1.807) is 23.7 Å². The van der Waals surface area contributed by atoms with Gasteiger partial charge in [-0.2, -0.15) is 0 Å². The number of rotatable bonds is 15. The average Bonchev–Trinajstić information content (AvgIpc) is 3.12. The van der Waals surface area contributed by atoms with Crippen molar-refractivity contribution in [2.45, 2.75) is 67.7 Å². The Morgan fingerprint density at radius 2 is 1.73 bits per heavy atom. The van der Waals surface area contributed by atoms with Crippen LogP contribution in [0.2, 0.25) is 0 Å². The van der Waals surface area contributed by atoms with Gasteiger partial charge in [0.05, 0.1) is 22.0 Å². The number of carboxylic acid groups (broad SMARTS) is 1. The molecule has 0 unspecified atom stereocenters. The van der Waals surface area contributed by atoms with Gasteiger partial charge < -0.3 is 25.4 Å². The Hall–Kier alpha value is -2.89. The molecule has 0 saturated carbocycles. The Bertz CT molecular complexity index is 1140. The van der Waals surface area contributed by atoms with Crippen LogP contribution in [-0.2, 0) is 14.4 Å². The predicted octanol–water partition coefficient (Wildman–Crippen LogP) is 4.97. The van der Waals surface area contributed by atoms with E-state index >= 15 is 0 Å². The normalized spacial score (nSPS) is 14.1. The fraction of sp³-hybridized carbons (Fsp3) is 0.483. The number of para-hydroxylation sites is 1. The lowest BCUT2D eigenvalue weighted by Crippen LogP contribution is -2.49. The molecule has 11 heteroatoms. The highest BCUT2D eigenvalue weighted by molar-refractivity contribution is 7.98. The smallest absolute Gasteiger partial charge is 0.322 e. The Kier molecular flexibility index (Phi) is 12.5. The highest BCUT2D eigenvalue weighted by Gasteiger charge is 2.36. The van der Waals surface area contributed by atoms with Crippen LogP contribution >= 0.6 is 23.7 Å². The van der Waals surface area contributed by atoms with E-state index in [1.807, 2.05) is 18.4 Å². The van der Waals surface area contributed by atoms with Crippen LogP contribution in [0.5, 0.6) is 5.75 Å². The van der Waals surface area contributed by atoms with E-state index in [0.29, 0.717) is 5.75 Å². The Labute approximate surface area is 245 Å². The summed E-state index contributed by atoms with van der Waals surface area (Å²) in [5, 5.41) is 13.3. The number of hydrogen-bond donors (Lipinski definition) is 4. The third-order valence-electron chi connectivity index (χ3n) is 6.70. The van der Waals surface area contributed by atoms with Crippen LogP contribution in [0.4, 0.5) is 11.4 Å². The van der Waals surface area contributed by atoms with E-state index in [4.69, 9.17) is 9.84 Å². The highest BCUT2D eigenvalue weighted by Crippen LogP contribution is 2.45. The molecule has 0 atom stereocenters. The standard InChI is InChI=1S/C29H40N4O5S2/c1-4-6-13-29(14-7-5-2)20-33(21-11-9-8-10-12-21)22-15-25(39-3)23(16-24(22)40-32-29)38-19-27(35)30-17-26(34)31-18-28(36)37/h8-12,15-16,32H,4-7,13-14,17-20H2,1-3H3,(H,30,35)(H,31,34)(H,36,37). The number of carbonyl (C=O) groups excluding carboxylic acids is 2. The summed E-state index contributed by atoms with van der Waals surface area (Å²) in [6, 6.07) is 14.6. The minimum Gasteiger partial charge on any atom is -0.483 e. The van der Waals surface area contributed by atoms with Gasteiger partial charge in [0.1, 0.15) is 12.3 Å². The zero-order valence-corrected chi connectivity index (χ0v) is 25.1. The number of carboxylic acids is 1. The number of fused-ring (bicyclic) bond motifs is 1. The summed E-state index contributed by atoms with van der Waals surface area (Å²) in [5.41, 5.74) is 2.16. The molecule has 2 aromatic rings. The quantitative estimate of drug-likeness (QED) is 0.169. The molecular weight excluding hydrogens is 548 g/mol. The van der Waals surface area contributed by atoms with Gasteiger partial charge in [0.2, 0.25) is 5.91 Å². The van der Waals surface area contributed by atoms with Gasteiger partial charge in [-0.15, -0.1) is 11.8 Å². The molecule has 2 aromatic carbocycles. The van der Waals surface area contributed by atoms with Gasteiger partial charge in [0.25, 0.3) is 5.91 Å². The largest absolute Gasteiger partial charge is 0.483 e. The lowest BCUT2D eigenvalue weighted by molar-refractivity contribution is -0.137. The molecule has 0 aromatic heterocycles. The van der Waals surface area contributed by atoms with Crippen LogP contribution in [0.1, 0.15) is 52.4 Å². The van der Waals surface area contributed by atoms with E-state index < -0.39 is 24.3 Å². The Balaban J connectivity index is 1.84. The van der Waals surface area contributed by atoms with Gasteiger partial charge in [-0.3, -0.25) is 19.1 Å². The topological polar surface area (TPSA) is 120 Å². The monoisotopic (exact) mass is 588 g/mol. The summed E-state index contributed by atoms with van der Waals surface area (Å²) in [5.74, 6) is -1.61. The van der Waals surface area contributed by atoms with Crippen LogP contribution in [0.25, 0.3) is 0 Å². The molecule has 1 aliphatic heterocycles. The lowest BCUT2D eigenvalue weighted by atomic mass is 9.87. The molecular formula is C29H40N4O5S2. The average molecular weight is 589 g/mol. The van der Waals surface area contributed by atoms with Crippen LogP contribution in [0.3, 0.4) is 0 Å². The molecule has 0 fully saturated rings. The second kappa shape index (κ2) is 15.8. The molecule has 4 N–H and O–H groups in total. The number of anilines is 2. The van der Waals surface area contributed by atoms with E-state index in [0.717, 1.165) is 66.2 Å². The summed E-state index contributed by atoms with van der Waals surface area (Å²) in [6.45, 7) is 4.22. The Morgan fingerprint density at radius 3 is 2.35 bits per heavy atom. The summed E-state index contributed by atoms with van der Waals surface area (Å²) in [6.07, 6.45) is 8.68. The minimum absolute atomic E-state index is 0.0623. The van der Waals surface area contributed by atoms with Crippen molar-refractivity contribution >= 4 is 52.9 Å². The molecule has 3 rings (SSSR count). The van der Waals surface area contributed by atoms with Crippen molar-refractivity contribution in [3.05, 3.63) is 42.5 Å². The van der Waals surface area contributed by atoms with Gasteiger partial charge in [0.15, 0.2) is 6.61 Å². The zero-order chi connectivity index (χ0) is 29.0. The summed E-state index contributed by atoms with van der Waals surface area (Å²) in [4.78, 5) is 39.0.